The molecule has 3 amide bonds. The Morgan fingerprint density at radius 1 is 1.09 bits per heavy atom. The molecule has 0 bridgehead atoms. The number of amides is 3. The van der Waals surface area contributed by atoms with Gasteiger partial charge in [0.25, 0.3) is 0 Å². The summed E-state index contributed by atoms with van der Waals surface area (Å²) in [6, 6.07) is 13.7. The molecule has 2 N–H and O–H groups in total. The van der Waals surface area contributed by atoms with Crippen molar-refractivity contribution in [1.29, 1.82) is 0 Å². The summed E-state index contributed by atoms with van der Waals surface area (Å²) in [6.07, 6.45) is 0.512. The number of rotatable bonds is 3. The molecule has 0 saturated carbocycles. The van der Waals surface area contributed by atoms with Crippen LogP contribution in [-0.2, 0) is 4.79 Å². The lowest BCUT2D eigenvalue weighted by atomic mass is 10.2. The van der Waals surface area contributed by atoms with Gasteiger partial charge in [0.1, 0.15) is 11.9 Å². The van der Waals surface area contributed by atoms with Crippen LogP contribution in [0.25, 0.3) is 0 Å². The minimum atomic E-state index is -0.580. The fourth-order valence-corrected chi connectivity index (χ4v) is 2.54. The molecule has 3 rings (SSSR count). The van der Waals surface area contributed by atoms with Crippen molar-refractivity contribution in [3.05, 3.63) is 60.4 Å². The van der Waals surface area contributed by atoms with E-state index in [1.54, 1.807) is 29.2 Å². The van der Waals surface area contributed by atoms with Gasteiger partial charge in [-0.25, -0.2) is 9.18 Å². The number of nitrogens with one attached hydrogen (secondary N) is 2. The van der Waals surface area contributed by atoms with Gasteiger partial charge in [-0.15, -0.1) is 0 Å². The highest BCUT2D eigenvalue weighted by atomic mass is 19.1. The molecule has 1 heterocycles. The van der Waals surface area contributed by atoms with Crippen molar-refractivity contribution >= 4 is 23.3 Å². The minimum absolute atomic E-state index is 0.195. The quantitative estimate of drug-likeness (QED) is 0.915. The smallest absolute Gasteiger partial charge is 0.319 e. The Labute approximate surface area is 133 Å². The van der Waals surface area contributed by atoms with E-state index in [0.717, 1.165) is 0 Å². The first-order valence-corrected chi connectivity index (χ1v) is 7.33. The van der Waals surface area contributed by atoms with Crippen molar-refractivity contribution in [2.75, 3.05) is 16.8 Å². The van der Waals surface area contributed by atoms with Crippen molar-refractivity contribution in [1.82, 2.24) is 5.32 Å². The first-order chi connectivity index (χ1) is 11.1. The third-order valence-corrected chi connectivity index (χ3v) is 3.68. The number of hydrogen-bond acceptors (Lipinski definition) is 2. The minimum Gasteiger partial charge on any atom is -0.326 e. The predicted molar refractivity (Wildman–Crippen MR) is 85.8 cm³/mol. The Balaban J connectivity index is 1.61. The molecule has 1 fully saturated rings. The summed E-state index contributed by atoms with van der Waals surface area (Å²) in [4.78, 5) is 25.9. The predicted octanol–water partition coefficient (Wildman–Crippen LogP) is 2.75. The van der Waals surface area contributed by atoms with E-state index in [9.17, 15) is 14.0 Å². The maximum Gasteiger partial charge on any atom is 0.319 e. The van der Waals surface area contributed by atoms with Crippen LogP contribution in [0.3, 0.4) is 0 Å². The van der Waals surface area contributed by atoms with E-state index in [1.807, 2.05) is 18.2 Å². The molecule has 118 valence electrons. The van der Waals surface area contributed by atoms with E-state index in [4.69, 9.17) is 0 Å². The molecule has 23 heavy (non-hydrogen) atoms. The summed E-state index contributed by atoms with van der Waals surface area (Å²) in [6.45, 7) is 0.487. The van der Waals surface area contributed by atoms with Crippen LogP contribution >= 0.6 is 0 Å². The first kappa shape index (κ1) is 15.0. The van der Waals surface area contributed by atoms with Crippen LogP contribution in [0.5, 0.6) is 0 Å². The second kappa shape index (κ2) is 6.48. The number of carbonyl (C=O) groups excluding carboxylic acids is 2. The van der Waals surface area contributed by atoms with Crippen LogP contribution < -0.4 is 15.5 Å². The summed E-state index contributed by atoms with van der Waals surface area (Å²) in [5, 5.41) is 5.35. The summed E-state index contributed by atoms with van der Waals surface area (Å²) in [5.41, 5.74) is 1.29. The average Bonchev–Trinajstić information content (AvgIpc) is 2.90. The third kappa shape index (κ3) is 3.48. The van der Waals surface area contributed by atoms with E-state index >= 15 is 0 Å². The molecule has 1 atom stereocenters. The number of benzene rings is 2. The van der Waals surface area contributed by atoms with Crippen LogP contribution in [-0.4, -0.2) is 24.5 Å². The van der Waals surface area contributed by atoms with Gasteiger partial charge in [-0.05, 0) is 42.8 Å². The van der Waals surface area contributed by atoms with Gasteiger partial charge >= 0.3 is 6.03 Å². The van der Waals surface area contributed by atoms with Crippen LogP contribution in [0, 0.1) is 5.82 Å². The normalized spacial score (nSPS) is 17.2. The molecule has 1 aliphatic heterocycles. The first-order valence-electron chi connectivity index (χ1n) is 7.33. The summed E-state index contributed by atoms with van der Waals surface area (Å²) >= 11 is 0. The molecule has 0 aromatic heterocycles. The lowest BCUT2D eigenvalue weighted by Gasteiger charge is -2.17. The van der Waals surface area contributed by atoms with E-state index in [2.05, 4.69) is 10.6 Å². The standard InChI is InChI=1S/C17H16FN3O2/c18-12-6-8-14(9-7-12)21-11-10-15(16(21)22)20-17(23)19-13-4-2-1-3-5-13/h1-9,15H,10-11H2,(H2,19,20,23). The molecule has 2 aromatic rings. The van der Waals surface area contributed by atoms with Crippen molar-refractivity contribution in [2.24, 2.45) is 0 Å². The Hall–Kier alpha value is -2.89. The van der Waals surface area contributed by atoms with Gasteiger partial charge in [-0.2, -0.15) is 0 Å². The van der Waals surface area contributed by atoms with Gasteiger partial charge in [0, 0.05) is 17.9 Å². The fraction of sp³-hybridized carbons (Fsp3) is 0.176. The molecule has 0 aliphatic carbocycles. The SMILES string of the molecule is O=C(Nc1ccccc1)NC1CCN(c2ccc(F)cc2)C1=O. The number of carbonyl (C=O) groups is 2. The number of halogens is 1. The average molecular weight is 313 g/mol. The molecule has 0 radical (unpaired) electrons. The van der Waals surface area contributed by atoms with Crippen LogP contribution in [0.1, 0.15) is 6.42 Å². The Morgan fingerprint density at radius 3 is 2.48 bits per heavy atom. The number of para-hydroxylation sites is 1. The van der Waals surface area contributed by atoms with Crippen LogP contribution in [0.2, 0.25) is 0 Å². The molecule has 5 nitrogen and oxygen atoms in total. The van der Waals surface area contributed by atoms with Gasteiger partial charge in [-0.1, -0.05) is 18.2 Å². The lowest BCUT2D eigenvalue weighted by Crippen LogP contribution is -2.43. The van der Waals surface area contributed by atoms with Crippen molar-refractivity contribution < 1.29 is 14.0 Å². The highest BCUT2D eigenvalue weighted by Gasteiger charge is 2.33. The molecule has 0 spiro atoms. The zero-order chi connectivity index (χ0) is 16.2. The zero-order valence-corrected chi connectivity index (χ0v) is 12.3. The summed E-state index contributed by atoms with van der Waals surface area (Å²) in [7, 11) is 0. The number of anilines is 2. The third-order valence-electron chi connectivity index (χ3n) is 3.68. The maximum absolute atomic E-state index is 13.0. The molecular weight excluding hydrogens is 297 g/mol. The Kier molecular flexibility index (Phi) is 4.23. The summed E-state index contributed by atoms with van der Waals surface area (Å²) in [5.74, 6) is -0.544. The molecule has 1 unspecified atom stereocenters. The second-order valence-electron chi connectivity index (χ2n) is 5.27. The van der Waals surface area contributed by atoms with Gasteiger partial charge < -0.3 is 15.5 Å². The fourth-order valence-electron chi connectivity index (χ4n) is 2.54. The van der Waals surface area contributed by atoms with E-state index in [0.29, 0.717) is 24.3 Å². The maximum atomic E-state index is 13.0. The number of urea groups is 1. The molecule has 6 heteroatoms. The molecule has 1 saturated heterocycles. The number of nitrogens with zero attached hydrogens (tertiary/aromatic N) is 1. The van der Waals surface area contributed by atoms with E-state index in [-0.39, 0.29) is 11.7 Å². The zero-order valence-electron chi connectivity index (χ0n) is 12.3. The van der Waals surface area contributed by atoms with Gasteiger partial charge in [0.15, 0.2) is 0 Å². The Morgan fingerprint density at radius 2 is 1.78 bits per heavy atom. The largest absolute Gasteiger partial charge is 0.326 e. The molecule has 2 aromatic carbocycles. The highest BCUT2D eigenvalue weighted by molar-refractivity contribution is 6.02. The van der Waals surface area contributed by atoms with Crippen molar-refractivity contribution in [3.8, 4) is 0 Å². The number of hydrogen-bond donors (Lipinski definition) is 2. The van der Waals surface area contributed by atoms with E-state index < -0.39 is 12.1 Å². The van der Waals surface area contributed by atoms with E-state index in [1.165, 1.54) is 12.1 Å². The van der Waals surface area contributed by atoms with Gasteiger partial charge in [0.2, 0.25) is 5.91 Å². The second-order valence-corrected chi connectivity index (χ2v) is 5.27. The highest BCUT2D eigenvalue weighted by Crippen LogP contribution is 2.22. The molecular formula is C17H16FN3O2. The summed E-state index contributed by atoms with van der Waals surface area (Å²) < 4.78 is 13.0. The van der Waals surface area contributed by atoms with Crippen molar-refractivity contribution in [3.63, 3.8) is 0 Å². The molecule has 1 aliphatic rings. The Bertz CT molecular complexity index is 704. The topological polar surface area (TPSA) is 61.4 Å². The van der Waals surface area contributed by atoms with Crippen molar-refractivity contribution in [2.45, 2.75) is 12.5 Å². The monoisotopic (exact) mass is 313 g/mol. The lowest BCUT2D eigenvalue weighted by molar-refractivity contribution is -0.118. The van der Waals surface area contributed by atoms with Crippen LogP contribution in [0.4, 0.5) is 20.6 Å². The van der Waals surface area contributed by atoms with Crippen LogP contribution in [0.15, 0.2) is 54.6 Å². The van der Waals surface area contributed by atoms with Gasteiger partial charge in [-0.3, -0.25) is 4.79 Å². The van der Waals surface area contributed by atoms with Gasteiger partial charge in [0.05, 0.1) is 0 Å².